The zero-order valence-electron chi connectivity index (χ0n) is 12.1. The third-order valence-electron chi connectivity index (χ3n) is 3.23. The Morgan fingerprint density at radius 3 is 2.38 bits per heavy atom. The minimum atomic E-state index is -0.655. The van der Waals surface area contributed by atoms with Gasteiger partial charge in [0.1, 0.15) is 11.1 Å². The van der Waals surface area contributed by atoms with Crippen LogP contribution in [0.15, 0.2) is 54.6 Å². The Kier molecular flexibility index (Phi) is 5.82. The largest absolute Gasteiger partial charge is 0.494 e. The topological polar surface area (TPSA) is 26.3 Å². The monoisotopic (exact) mass is 302 g/mol. The average Bonchev–Trinajstić information content (AvgIpc) is 2.55. The van der Waals surface area contributed by atoms with Crippen molar-refractivity contribution in [1.29, 1.82) is 0 Å². The first kappa shape index (κ1) is 15.6. The summed E-state index contributed by atoms with van der Waals surface area (Å²) in [5.74, 6) is 0.689. The van der Waals surface area contributed by atoms with Gasteiger partial charge in [-0.15, -0.1) is 11.6 Å². The maximum Gasteiger partial charge on any atom is 0.185 e. The molecule has 2 rings (SSSR count). The predicted octanol–water partition coefficient (Wildman–Crippen LogP) is 5.03. The molecule has 0 aliphatic carbocycles. The van der Waals surface area contributed by atoms with E-state index in [1.165, 1.54) is 0 Å². The van der Waals surface area contributed by atoms with Crippen molar-refractivity contribution in [2.24, 2.45) is 0 Å². The Balaban J connectivity index is 2.03. The van der Waals surface area contributed by atoms with Crippen LogP contribution in [0.1, 0.15) is 41.1 Å². The Morgan fingerprint density at radius 1 is 1.10 bits per heavy atom. The number of carbonyl (C=O) groups is 1. The Morgan fingerprint density at radius 2 is 1.76 bits per heavy atom. The van der Waals surface area contributed by atoms with Crippen LogP contribution < -0.4 is 4.74 Å². The quantitative estimate of drug-likeness (QED) is 0.407. The summed E-state index contributed by atoms with van der Waals surface area (Å²) in [6.45, 7) is 2.82. The number of Topliss-reactive ketones (excluding diaryl/α,β-unsaturated/α-hetero) is 1. The number of rotatable bonds is 7. The van der Waals surface area contributed by atoms with Crippen LogP contribution >= 0.6 is 11.6 Å². The number of carbonyl (C=O) groups excluding carboxylic acids is 1. The third kappa shape index (κ3) is 4.33. The molecule has 0 N–H and O–H groups in total. The van der Waals surface area contributed by atoms with E-state index in [-0.39, 0.29) is 5.78 Å². The van der Waals surface area contributed by atoms with Gasteiger partial charge in [0.25, 0.3) is 0 Å². The normalized spacial score (nSPS) is 11.9. The van der Waals surface area contributed by atoms with Crippen molar-refractivity contribution in [3.8, 4) is 5.75 Å². The molecule has 0 aliphatic heterocycles. The van der Waals surface area contributed by atoms with Gasteiger partial charge >= 0.3 is 0 Å². The molecule has 0 amide bonds. The molecule has 0 radical (unpaired) electrons. The average molecular weight is 303 g/mol. The van der Waals surface area contributed by atoms with E-state index < -0.39 is 5.38 Å². The molecule has 0 spiro atoms. The molecule has 0 heterocycles. The summed E-state index contributed by atoms with van der Waals surface area (Å²) >= 11 is 6.25. The van der Waals surface area contributed by atoms with Crippen LogP contribution in [-0.2, 0) is 0 Å². The summed E-state index contributed by atoms with van der Waals surface area (Å²) in [6.07, 6.45) is 2.13. The molecule has 3 heteroatoms. The van der Waals surface area contributed by atoms with Gasteiger partial charge in [-0.2, -0.15) is 0 Å². The molecule has 0 aliphatic rings. The molecular formula is C18H19ClO2. The zero-order valence-corrected chi connectivity index (χ0v) is 12.8. The van der Waals surface area contributed by atoms with Crippen LogP contribution in [-0.4, -0.2) is 12.4 Å². The van der Waals surface area contributed by atoms with Crippen LogP contribution in [0, 0.1) is 0 Å². The first-order chi connectivity index (χ1) is 10.2. The summed E-state index contributed by atoms with van der Waals surface area (Å²) in [4.78, 5) is 12.3. The van der Waals surface area contributed by atoms with Crippen molar-refractivity contribution in [3.63, 3.8) is 0 Å². The van der Waals surface area contributed by atoms with E-state index in [9.17, 15) is 4.79 Å². The van der Waals surface area contributed by atoms with Gasteiger partial charge in [-0.25, -0.2) is 0 Å². The lowest BCUT2D eigenvalue weighted by atomic mass is 10.0. The predicted molar refractivity (Wildman–Crippen MR) is 86.2 cm³/mol. The first-order valence-corrected chi connectivity index (χ1v) is 7.62. The number of unbranched alkanes of at least 4 members (excludes halogenated alkanes) is 1. The summed E-state index contributed by atoms with van der Waals surface area (Å²) < 4.78 is 5.58. The van der Waals surface area contributed by atoms with Crippen molar-refractivity contribution in [1.82, 2.24) is 0 Å². The van der Waals surface area contributed by atoms with E-state index in [2.05, 4.69) is 6.92 Å². The molecule has 21 heavy (non-hydrogen) atoms. The standard InChI is InChI=1S/C18H19ClO2/c1-2-3-13-21-16-11-9-15(10-12-16)18(20)17(19)14-7-5-4-6-8-14/h4-12,17H,2-3,13H2,1H3. The van der Waals surface area contributed by atoms with Gasteiger partial charge in [0.2, 0.25) is 0 Å². The SMILES string of the molecule is CCCCOc1ccc(C(=O)C(Cl)c2ccccc2)cc1. The van der Waals surface area contributed by atoms with Crippen LogP contribution in [0.2, 0.25) is 0 Å². The lowest BCUT2D eigenvalue weighted by Crippen LogP contribution is -2.07. The molecule has 2 aromatic rings. The van der Waals surface area contributed by atoms with Crippen molar-refractivity contribution in [2.75, 3.05) is 6.61 Å². The molecule has 1 atom stereocenters. The van der Waals surface area contributed by atoms with E-state index >= 15 is 0 Å². The third-order valence-corrected chi connectivity index (χ3v) is 3.68. The van der Waals surface area contributed by atoms with Crippen LogP contribution in [0.5, 0.6) is 5.75 Å². The van der Waals surface area contributed by atoms with E-state index in [4.69, 9.17) is 16.3 Å². The number of alkyl halides is 1. The summed E-state index contributed by atoms with van der Waals surface area (Å²) in [5.41, 5.74) is 1.41. The maximum absolute atomic E-state index is 12.3. The highest BCUT2D eigenvalue weighted by Gasteiger charge is 2.19. The summed E-state index contributed by atoms with van der Waals surface area (Å²) in [7, 11) is 0. The van der Waals surface area contributed by atoms with Crippen LogP contribution in [0.4, 0.5) is 0 Å². The van der Waals surface area contributed by atoms with Crippen LogP contribution in [0.3, 0.4) is 0 Å². The molecule has 0 saturated heterocycles. The first-order valence-electron chi connectivity index (χ1n) is 7.18. The Hall–Kier alpha value is -1.80. The molecule has 110 valence electrons. The number of ketones is 1. The fraction of sp³-hybridized carbons (Fsp3) is 0.278. The van der Waals surface area contributed by atoms with E-state index in [1.807, 2.05) is 42.5 Å². The Bertz CT molecular complexity index is 564. The van der Waals surface area contributed by atoms with E-state index in [1.54, 1.807) is 12.1 Å². The van der Waals surface area contributed by atoms with Crippen molar-refractivity contribution in [2.45, 2.75) is 25.1 Å². The highest BCUT2D eigenvalue weighted by molar-refractivity contribution is 6.33. The van der Waals surface area contributed by atoms with E-state index in [0.29, 0.717) is 12.2 Å². The van der Waals surface area contributed by atoms with Gasteiger partial charge in [0, 0.05) is 5.56 Å². The molecular weight excluding hydrogens is 284 g/mol. The minimum absolute atomic E-state index is 0.0945. The number of benzene rings is 2. The van der Waals surface area contributed by atoms with Gasteiger partial charge in [-0.05, 0) is 36.2 Å². The fourth-order valence-electron chi connectivity index (χ4n) is 1.97. The number of hydrogen-bond acceptors (Lipinski definition) is 2. The van der Waals surface area contributed by atoms with Gasteiger partial charge in [-0.3, -0.25) is 4.79 Å². The van der Waals surface area contributed by atoms with Gasteiger partial charge in [-0.1, -0.05) is 43.7 Å². The summed E-state index contributed by atoms with van der Waals surface area (Å²) in [5, 5.41) is -0.655. The van der Waals surface area contributed by atoms with Gasteiger partial charge < -0.3 is 4.74 Å². The number of halogens is 1. The summed E-state index contributed by atoms with van der Waals surface area (Å²) in [6, 6.07) is 16.5. The lowest BCUT2D eigenvalue weighted by molar-refractivity contribution is 0.0987. The minimum Gasteiger partial charge on any atom is -0.494 e. The highest BCUT2D eigenvalue weighted by atomic mass is 35.5. The van der Waals surface area contributed by atoms with Crippen molar-refractivity contribution < 1.29 is 9.53 Å². The second-order valence-electron chi connectivity index (χ2n) is 4.86. The molecule has 0 aromatic heterocycles. The van der Waals surface area contributed by atoms with Crippen LogP contribution in [0.25, 0.3) is 0 Å². The smallest absolute Gasteiger partial charge is 0.185 e. The zero-order chi connectivity index (χ0) is 15.1. The lowest BCUT2D eigenvalue weighted by Gasteiger charge is -2.10. The molecule has 1 unspecified atom stereocenters. The molecule has 0 bridgehead atoms. The van der Waals surface area contributed by atoms with Gasteiger partial charge in [0.15, 0.2) is 5.78 Å². The highest BCUT2D eigenvalue weighted by Crippen LogP contribution is 2.25. The fourth-order valence-corrected chi connectivity index (χ4v) is 2.24. The second-order valence-corrected chi connectivity index (χ2v) is 5.30. The molecule has 2 nitrogen and oxygen atoms in total. The molecule has 0 saturated carbocycles. The number of ether oxygens (including phenoxy) is 1. The van der Waals surface area contributed by atoms with Crippen molar-refractivity contribution >= 4 is 17.4 Å². The maximum atomic E-state index is 12.3. The van der Waals surface area contributed by atoms with Crippen molar-refractivity contribution in [3.05, 3.63) is 65.7 Å². The second kappa shape index (κ2) is 7.84. The molecule has 0 fully saturated rings. The Labute approximate surface area is 130 Å². The van der Waals surface area contributed by atoms with Gasteiger partial charge in [0.05, 0.1) is 6.61 Å². The number of hydrogen-bond donors (Lipinski definition) is 0. The molecule has 2 aromatic carbocycles. The van der Waals surface area contributed by atoms with E-state index in [0.717, 1.165) is 24.2 Å².